The predicted octanol–water partition coefficient (Wildman–Crippen LogP) is 3.58. The van der Waals surface area contributed by atoms with Crippen LogP contribution < -0.4 is 4.74 Å². The van der Waals surface area contributed by atoms with Gasteiger partial charge in [-0.1, -0.05) is 12.1 Å². The first-order chi connectivity index (χ1) is 8.15. The van der Waals surface area contributed by atoms with Gasteiger partial charge in [0.2, 0.25) is 5.28 Å². The second kappa shape index (κ2) is 5.15. The molecule has 17 heavy (non-hydrogen) atoms. The largest absolute Gasteiger partial charge is 0.491 e. The van der Waals surface area contributed by atoms with Gasteiger partial charge in [0.25, 0.3) is 0 Å². The third kappa shape index (κ3) is 3.17. The van der Waals surface area contributed by atoms with Crippen molar-refractivity contribution >= 4 is 11.6 Å². The zero-order valence-corrected chi connectivity index (χ0v) is 10.5. The van der Waals surface area contributed by atoms with Gasteiger partial charge in [0.1, 0.15) is 5.75 Å². The van der Waals surface area contributed by atoms with E-state index in [4.69, 9.17) is 16.3 Å². The maximum Gasteiger partial charge on any atom is 0.222 e. The Labute approximate surface area is 105 Å². The summed E-state index contributed by atoms with van der Waals surface area (Å²) in [5.74, 6) is 0.826. The summed E-state index contributed by atoms with van der Waals surface area (Å²) in [4.78, 5) is 8.02. The van der Waals surface area contributed by atoms with Gasteiger partial charge < -0.3 is 4.74 Å². The van der Waals surface area contributed by atoms with Crippen LogP contribution in [-0.2, 0) is 0 Å². The lowest BCUT2D eigenvalue weighted by molar-refractivity contribution is 0.242. The van der Waals surface area contributed by atoms with Gasteiger partial charge in [-0.2, -0.15) is 0 Å². The van der Waals surface area contributed by atoms with E-state index in [0.717, 1.165) is 17.0 Å². The molecule has 0 radical (unpaired) electrons. The number of benzene rings is 1. The number of aromatic nitrogens is 2. The zero-order valence-electron chi connectivity index (χ0n) is 9.72. The molecule has 1 heterocycles. The summed E-state index contributed by atoms with van der Waals surface area (Å²) in [6, 6.07) is 9.58. The topological polar surface area (TPSA) is 35.0 Å². The summed E-state index contributed by atoms with van der Waals surface area (Å²) in [5, 5.41) is 0.248. The van der Waals surface area contributed by atoms with E-state index in [1.807, 2.05) is 44.2 Å². The van der Waals surface area contributed by atoms with Crippen molar-refractivity contribution in [1.82, 2.24) is 9.97 Å². The van der Waals surface area contributed by atoms with Gasteiger partial charge in [-0.05, 0) is 43.6 Å². The van der Waals surface area contributed by atoms with Gasteiger partial charge in [-0.3, -0.25) is 0 Å². The van der Waals surface area contributed by atoms with E-state index in [-0.39, 0.29) is 11.4 Å². The van der Waals surface area contributed by atoms with Crippen LogP contribution >= 0.6 is 11.6 Å². The summed E-state index contributed by atoms with van der Waals surface area (Å²) < 4.78 is 5.63. The molecule has 0 bridgehead atoms. The standard InChI is InChI=1S/C13H13ClN2O/c1-9(2)17-11-5-3-4-10(8-11)12-6-7-15-13(14)16-12/h3-9H,1-2H3. The Balaban J connectivity index is 2.33. The average Bonchev–Trinajstić information content (AvgIpc) is 2.28. The minimum atomic E-state index is 0.152. The molecule has 3 nitrogen and oxygen atoms in total. The number of hydrogen-bond donors (Lipinski definition) is 0. The summed E-state index contributed by atoms with van der Waals surface area (Å²) >= 11 is 5.77. The number of ether oxygens (including phenoxy) is 1. The molecule has 2 rings (SSSR count). The molecule has 0 aliphatic heterocycles. The van der Waals surface area contributed by atoms with Gasteiger partial charge in [0.05, 0.1) is 11.8 Å². The van der Waals surface area contributed by atoms with E-state index in [1.54, 1.807) is 6.20 Å². The number of halogens is 1. The van der Waals surface area contributed by atoms with Crippen LogP contribution in [0.3, 0.4) is 0 Å². The van der Waals surface area contributed by atoms with Crippen LogP contribution in [0.25, 0.3) is 11.3 Å². The van der Waals surface area contributed by atoms with Crippen LogP contribution in [0.15, 0.2) is 36.5 Å². The Morgan fingerprint density at radius 3 is 2.76 bits per heavy atom. The van der Waals surface area contributed by atoms with Crippen molar-refractivity contribution in [3.8, 4) is 17.0 Å². The molecular formula is C13H13ClN2O. The first-order valence-corrected chi connectivity index (χ1v) is 5.78. The molecule has 2 aromatic rings. The third-order valence-electron chi connectivity index (χ3n) is 2.13. The van der Waals surface area contributed by atoms with Gasteiger partial charge >= 0.3 is 0 Å². The normalized spacial score (nSPS) is 10.6. The van der Waals surface area contributed by atoms with Crippen molar-refractivity contribution in [1.29, 1.82) is 0 Å². The minimum absolute atomic E-state index is 0.152. The fourth-order valence-corrected chi connectivity index (χ4v) is 1.64. The summed E-state index contributed by atoms with van der Waals surface area (Å²) in [6.45, 7) is 3.99. The summed E-state index contributed by atoms with van der Waals surface area (Å²) in [5.41, 5.74) is 1.76. The highest BCUT2D eigenvalue weighted by molar-refractivity contribution is 6.28. The molecule has 0 atom stereocenters. The van der Waals surface area contributed by atoms with Gasteiger partial charge in [0.15, 0.2) is 0 Å². The minimum Gasteiger partial charge on any atom is -0.491 e. The fraction of sp³-hybridized carbons (Fsp3) is 0.231. The molecule has 0 saturated carbocycles. The molecule has 88 valence electrons. The molecule has 0 amide bonds. The lowest BCUT2D eigenvalue weighted by atomic mass is 10.1. The summed E-state index contributed by atoms with van der Waals surface area (Å²) in [6.07, 6.45) is 1.79. The van der Waals surface area contributed by atoms with E-state index < -0.39 is 0 Å². The highest BCUT2D eigenvalue weighted by atomic mass is 35.5. The Morgan fingerprint density at radius 2 is 2.06 bits per heavy atom. The van der Waals surface area contributed by atoms with E-state index in [2.05, 4.69) is 9.97 Å². The molecule has 0 N–H and O–H groups in total. The molecule has 0 spiro atoms. The van der Waals surface area contributed by atoms with E-state index in [9.17, 15) is 0 Å². The zero-order chi connectivity index (χ0) is 12.3. The second-order valence-corrected chi connectivity index (χ2v) is 4.24. The number of hydrogen-bond acceptors (Lipinski definition) is 3. The van der Waals surface area contributed by atoms with Gasteiger partial charge in [-0.25, -0.2) is 9.97 Å². The smallest absolute Gasteiger partial charge is 0.222 e. The van der Waals surface area contributed by atoms with Crippen molar-refractivity contribution in [2.24, 2.45) is 0 Å². The highest BCUT2D eigenvalue weighted by Gasteiger charge is 2.03. The molecular weight excluding hydrogens is 236 g/mol. The Morgan fingerprint density at radius 1 is 1.24 bits per heavy atom. The van der Waals surface area contributed by atoms with Crippen LogP contribution in [0, 0.1) is 0 Å². The van der Waals surface area contributed by atoms with E-state index >= 15 is 0 Å². The van der Waals surface area contributed by atoms with Gasteiger partial charge in [-0.15, -0.1) is 0 Å². The lowest BCUT2D eigenvalue weighted by Crippen LogP contribution is -2.05. The first-order valence-electron chi connectivity index (χ1n) is 5.41. The van der Waals surface area contributed by atoms with Crippen LogP contribution in [-0.4, -0.2) is 16.1 Å². The van der Waals surface area contributed by atoms with Crippen molar-refractivity contribution < 1.29 is 4.74 Å². The van der Waals surface area contributed by atoms with Crippen LogP contribution in [0.1, 0.15) is 13.8 Å². The van der Waals surface area contributed by atoms with E-state index in [0.29, 0.717) is 0 Å². The molecule has 0 fully saturated rings. The van der Waals surface area contributed by atoms with Crippen molar-refractivity contribution in [2.75, 3.05) is 0 Å². The predicted molar refractivity (Wildman–Crippen MR) is 68.2 cm³/mol. The van der Waals surface area contributed by atoms with Crippen LogP contribution in [0.4, 0.5) is 0 Å². The molecule has 4 heteroatoms. The Kier molecular flexibility index (Phi) is 3.59. The Bertz CT molecular complexity index is 514. The third-order valence-corrected chi connectivity index (χ3v) is 2.31. The molecule has 1 aromatic carbocycles. The van der Waals surface area contributed by atoms with E-state index in [1.165, 1.54) is 0 Å². The van der Waals surface area contributed by atoms with Crippen molar-refractivity contribution in [2.45, 2.75) is 20.0 Å². The average molecular weight is 249 g/mol. The molecule has 0 unspecified atom stereocenters. The molecule has 0 saturated heterocycles. The van der Waals surface area contributed by atoms with Crippen LogP contribution in [0.2, 0.25) is 5.28 Å². The maximum atomic E-state index is 5.77. The monoisotopic (exact) mass is 248 g/mol. The van der Waals surface area contributed by atoms with Crippen molar-refractivity contribution in [3.63, 3.8) is 0 Å². The van der Waals surface area contributed by atoms with Gasteiger partial charge in [0, 0.05) is 11.8 Å². The number of nitrogens with zero attached hydrogens (tertiary/aromatic N) is 2. The fourth-order valence-electron chi connectivity index (χ4n) is 1.50. The highest BCUT2D eigenvalue weighted by Crippen LogP contribution is 2.23. The molecule has 0 aliphatic carbocycles. The SMILES string of the molecule is CC(C)Oc1cccc(-c2ccnc(Cl)n2)c1. The Hall–Kier alpha value is -1.61. The second-order valence-electron chi connectivity index (χ2n) is 3.91. The maximum absolute atomic E-state index is 5.77. The molecule has 0 aliphatic rings. The van der Waals surface area contributed by atoms with Crippen LogP contribution in [0.5, 0.6) is 5.75 Å². The number of rotatable bonds is 3. The van der Waals surface area contributed by atoms with Crippen molar-refractivity contribution in [3.05, 3.63) is 41.8 Å². The first kappa shape index (κ1) is 11.9. The lowest BCUT2D eigenvalue weighted by Gasteiger charge is -2.10. The molecule has 1 aromatic heterocycles. The summed E-state index contributed by atoms with van der Waals surface area (Å²) in [7, 11) is 0. The quantitative estimate of drug-likeness (QED) is 0.779.